The molecule has 0 spiro atoms. The van der Waals surface area contributed by atoms with E-state index < -0.39 is 0 Å². The van der Waals surface area contributed by atoms with Crippen LogP contribution in [0.1, 0.15) is 0 Å². The second-order valence-electron chi connectivity index (χ2n) is 14.1. The van der Waals surface area contributed by atoms with Crippen molar-refractivity contribution in [3.8, 4) is 45.3 Å². The van der Waals surface area contributed by atoms with E-state index in [0.29, 0.717) is 17.5 Å². The zero-order valence-corrected chi connectivity index (χ0v) is 29.2. The molecule has 12 aromatic rings. The van der Waals surface area contributed by atoms with Crippen molar-refractivity contribution in [2.75, 3.05) is 0 Å². The minimum Gasteiger partial charge on any atom is -0.456 e. The van der Waals surface area contributed by atoms with Gasteiger partial charge in [-0.15, -0.1) is 0 Å². The van der Waals surface area contributed by atoms with E-state index in [1.54, 1.807) is 0 Å². The third kappa shape index (κ3) is 4.71. The molecule has 0 atom stereocenters. The number of nitrogens with zero attached hydrogens (tertiary/aromatic N) is 3. The van der Waals surface area contributed by atoms with Gasteiger partial charge in [0.05, 0.1) is 5.56 Å². The molecule has 6 nitrogen and oxygen atoms in total. The van der Waals surface area contributed by atoms with E-state index in [9.17, 15) is 0 Å². The number of aromatic amines is 1. The summed E-state index contributed by atoms with van der Waals surface area (Å²) in [5.74, 6) is 1.68. The first-order valence-corrected chi connectivity index (χ1v) is 18.3. The first kappa shape index (κ1) is 29.9. The standard InChI is InChI=1S/C49H28N4O2/c1-2-9-28(10-3-1)31-17-20-35-36-14-8-15-37(46(36)55-45(35)27-31)49-52-47(51-48(53-49)33-19-22-44-40(25-33)34-13-6-7-16-43(34)54-44)32-18-21-41-38(24-32)39-23-29-11-4-5-12-30(29)26-42(39)50-41/h1-27,50H. The number of hydrogen-bond acceptors (Lipinski definition) is 5. The Morgan fingerprint density at radius 1 is 0.345 bits per heavy atom. The van der Waals surface area contributed by atoms with Gasteiger partial charge in [0.2, 0.25) is 0 Å². The van der Waals surface area contributed by atoms with Gasteiger partial charge in [0.15, 0.2) is 17.5 Å². The Bertz CT molecular complexity index is 3500. The van der Waals surface area contributed by atoms with E-state index in [1.165, 1.54) is 10.8 Å². The Morgan fingerprint density at radius 2 is 1.00 bits per heavy atom. The molecular formula is C49H28N4O2. The highest BCUT2D eigenvalue weighted by Crippen LogP contribution is 2.39. The van der Waals surface area contributed by atoms with Gasteiger partial charge in [-0.05, 0) is 94.7 Å². The van der Waals surface area contributed by atoms with Gasteiger partial charge in [-0.3, -0.25) is 0 Å². The zero-order valence-electron chi connectivity index (χ0n) is 29.2. The number of nitrogens with one attached hydrogen (secondary N) is 1. The molecule has 1 N–H and O–H groups in total. The first-order chi connectivity index (χ1) is 27.2. The first-order valence-electron chi connectivity index (χ1n) is 18.3. The summed E-state index contributed by atoms with van der Waals surface area (Å²) in [5.41, 5.74) is 10.2. The van der Waals surface area contributed by atoms with Crippen LogP contribution < -0.4 is 0 Å². The minimum atomic E-state index is 0.537. The van der Waals surface area contributed by atoms with Crippen molar-refractivity contribution in [3.63, 3.8) is 0 Å². The van der Waals surface area contributed by atoms with Crippen molar-refractivity contribution >= 4 is 76.5 Å². The maximum absolute atomic E-state index is 6.70. The van der Waals surface area contributed by atoms with Gasteiger partial charge in [0.25, 0.3) is 0 Å². The highest BCUT2D eigenvalue weighted by molar-refractivity contribution is 6.13. The predicted octanol–water partition coefficient (Wildman–Crippen LogP) is 13.1. The number of fused-ring (bicyclic) bond motifs is 10. The maximum Gasteiger partial charge on any atom is 0.167 e. The summed E-state index contributed by atoms with van der Waals surface area (Å²) in [5, 5.41) is 8.78. The fourth-order valence-electron chi connectivity index (χ4n) is 8.13. The van der Waals surface area contributed by atoms with Crippen LogP contribution in [0, 0.1) is 0 Å². The highest BCUT2D eigenvalue weighted by Gasteiger charge is 2.20. The van der Waals surface area contributed by atoms with E-state index >= 15 is 0 Å². The van der Waals surface area contributed by atoms with Gasteiger partial charge in [-0.25, -0.2) is 15.0 Å². The lowest BCUT2D eigenvalue weighted by molar-refractivity contribution is 0.669. The van der Waals surface area contributed by atoms with Crippen LogP contribution in [0.4, 0.5) is 0 Å². The van der Waals surface area contributed by atoms with Gasteiger partial charge in [-0.2, -0.15) is 0 Å². The number of H-pyrrole nitrogens is 1. The van der Waals surface area contributed by atoms with Crippen LogP contribution in [-0.2, 0) is 0 Å². The molecule has 256 valence electrons. The van der Waals surface area contributed by atoms with E-state index in [-0.39, 0.29) is 0 Å². The van der Waals surface area contributed by atoms with Gasteiger partial charge < -0.3 is 13.8 Å². The van der Waals surface area contributed by atoms with E-state index in [0.717, 1.165) is 93.5 Å². The Balaban J connectivity index is 1.08. The molecule has 4 aromatic heterocycles. The second kappa shape index (κ2) is 11.5. The van der Waals surface area contributed by atoms with Crippen LogP contribution >= 0.6 is 0 Å². The lowest BCUT2D eigenvalue weighted by atomic mass is 10.0. The summed E-state index contributed by atoms with van der Waals surface area (Å²) in [6.07, 6.45) is 0. The number of aromatic nitrogens is 4. The molecule has 4 heterocycles. The fourth-order valence-corrected chi connectivity index (χ4v) is 8.13. The second-order valence-corrected chi connectivity index (χ2v) is 14.1. The summed E-state index contributed by atoms with van der Waals surface area (Å²) in [7, 11) is 0. The normalized spacial score (nSPS) is 12.0. The maximum atomic E-state index is 6.70. The summed E-state index contributed by atoms with van der Waals surface area (Å²) in [6, 6.07) is 56.5. The van der Waals surface area contributed by atoms with Crippen LogP contribution in [-0.4, -0.2) is 19.9 Å². The predicted molar refractivity (Wildman–Crippen MR) is 223 cm³/mol. The summed E-state index contributed by atoms with van der Waals surface area (Å²) >= 11 is 0. The van der Waals surface area contributed by atoms with E-state index in [2.05, 4.69) is 120 Å². The SMILES string of the molecule is c1ccc(-c2ccc3c(c2)oc2c(-c4nc(-c5ccc6[nH]c7cc8ccccc8cc7c6c5)nc(-c5ccc6oc7ccccc7c6c5)n4)cccc23)cc1. The summed E-state index contributed by atoms with van der Waals surface area (Å²) in [4.78, 5) is 19.2. The molecule has 0 fully saturated rings. The molecule has 0 amide bonds. The van der Waals surface area contributed by atoms with Crippen molar-refractivity contribution in [2.45, 2.75) is 0 Å². The smallest absolute Gasteiger partial charge is 0.167 e. The van der Waals surface area contributed by atoms with Gasteiger partial charge >= 0.3 is 0 Å². The van der Waals surface area contributed by atoms with Crippen LogP contribution in [0.3, 0.4) is 0 Å². The molecule has 0 aliphatic carbocycles. The molecule has 0 aliphatic rings. The molecule has 12 rings (SSSR count). The fraction of sp³-hybridized carbons (Fsp3) is 0. The molecule has 0 radical (unpaired) electrons. The van der Waals surface area contributed by atoms with Crippen LogP contribution in [0.2, 0.25) is 0 Å². The third-order valence-electron chi connectivity index (χ3n) is 10.8. The van der Waals surface area contributed by atoms with E-state index in [1.807, 2.05) is 48.5 Å². The van der Waals surface area contributed by atoms with Crippen LogP contribution in [0.5, 0.6) is 0 Å². The number of hydrogen-bond donors (Lipinski definition) is 1. The Morgan fingerprint density at radius 3 is 1.87 bits per heavy atom. The monoisotopic (exact) mass is 704 g/mol. The van der Waals surface area contributed by atoms with Crippen molar-refractivity contribution in [2.24, 2.45) is 0 Å². The number of benzene rings is 8. The molecule has 8 aromatic carbocycles. The van der Waals surface area contributed by atoms with Crippen molar-refractivity contribution < 1.29 is 8.83 Å². The lowest BCUT2D eigenvalue weighted by Crippen LogP contribution is -2.00. The Kier molecular flexibility index (Phi) is 6.24. The topological polar surface area (TPSA) is 80.7 Å². The van der Waals surface area contributed by atoms with Gasteiger partial charge in [0, 0.05) is 54.5 Å². The molecular weight excluding hydrogens is 677 g/mol. The average molecular weight is 705 g/mol. The molecule has 0 bridgehead atoms. The number of para-hydroxylation sites is 2. The molecule has 6 heteroatoms. The van der Waals surface area contributed by atoms with Crippen molar-refractivity contribution in [1.82, 2.24) is 19.9 Å². The average Bonchev–Trinajstić information content (AvgIpc) is 3.93. The Hall–Kier alpha value is -7.57. The zero-order chi connectivity index (χ0) is 36.0. The summed E-state index contributed by atoms with van der Waals surface area (Å²) < 4.78 is 12.9. The van der Waals surface area contributed by atoms with Gasteiger partial charge in [0.1, 0.15) is 22.3 Å². The third-order valence-corrected chi connectivity index (χ3v) is 10.8. The van der Waals surface area contributed by atoms with Gasteiger partial charge in [-0.1, -0.05) is 91.0 Å². The Labute approximate surface area is 313 Å². The number of rotatable bonds is 4. The molecule has 0 saturated heterocycles. The highest BCUT2D eigenvalue weighted by atomic mass is 16.3. The van der Waals surface area contributed by atoms with Crippen molar-refractivity contribution in [3.05, 3.63) is 164 Å². The quantitative estimate of drug-likeness (QED) is 0.197. The van der Waals surface area contributed by atoms with Crippen molar-refractivity contribution in [1.29, 1.82) is 0 Å². The summed E-state index contributed by atoms with van der Waals surface area (Å²) in [6.45, 7) is 0. The minimum absolute atomic E-state index is 0.537. The van der Waals surface area contributed by atoms with Crippen LogP contribution in [0.15, 0.2) is 173 Å². The van der Waals surface area contributed by atoms with E-state index in [4.69, 9.17) is 23.8 Å². The number of furan rings is 2. The molecule has 0 unspecified atom stereocenters. The molecule has 0 aliphatic heterocycles. The largest absolute Gasteiger partial charge is 0.456 e. The molecule has 55 heavy (non-hydrogen) atoms. The molecule has 0 saturated carbocycles. The lowest BCUT2D eigenvalue weighted by Gasteiger charge is -2.09. The van der Waals surface area contributed by atoms with Crippen LogP contribution in [0.25, 0.3) is 122 Å².